The summed E-state index contributed by atoms with van der Waals surface area (Å²) in [4.78, 5) is 0. The minimum absolute atomic E-state index is 0.0663. The summed E-state index contributed by atoms with van der Waals surface area (Å²) in [6.45, 7) is 3.61. The standard InChI is InChI=1S/C6H9Cl2NS/c1-5(8)10-6(2,3-7)4-9/h5H,3H2,1-2H3. The van der Waals surface area contributed by atoms with Gasteiger partial charge in [-0.25, -0.2) is 0 Å². The van der Waals surface area contributed by atoms with Crippen molar-refractivity contribution in [3.8, 4) is 6.07 Å². The quantitative estimate of drug-likeness (QED) is 0.651. The van der Waals surface area contributed by atoms with Gasteiger partial charge in [-0.2, -0.15) is 5.26 Å². The highest BCUT2D eigenvalue weighted by Gasteiger charge is 2.25. The van der Waals surface area contributed by atoms with Crippen LogP contribution in [0.25, 0.3) is 0 Å². The van der Waals surface area contributed by atoms with Crippen molar-refractivity contribution in [3.63, 3.8) is 0 Å². The van der Waals surface area contributed by atoms with Gasteiger partial charge in [-0.15, -0.1) is 35.0 Å². The molecule has 0 aromatic rings. The van der Waals surface area contributed by atoms with Crippen LogP contribution in [0.3, 0.4) is 0 Å². The van der Waals surface area contributed by atoms with Crippen molar-refractivity contribution in [3.05, 3.63) is 0 Å². The monoisotopic (exact) mass is 197 g/mol. The molecule has 0 saturated carbocycles. The van der Waals surface area contributed by atoms with Gasteiger partial charge in [-0.1, -0.05) is 0 Å². The maximum atomic E-state index is 8.62. The molecular weight excluding hydrogens is 189 g/mol. The molecule has 0 aliphatic rings. The number of rotatable bonds is 3. The molecule has 0 spiro atoms. The molecule has 1 nitrogen and oxygen atoms in total. The van der Waals surface area contributed by atoms with Crippen LogP contribution in [0.2, 0.25) is 0 Å². The summed E-state index contributed by atoms with van der Waals surface area (Å²) in [5.41, 5.74) is 0. The van der Waals surface area contributed by atoms with Crippen LogP contribution in [-0.2, 0) is 0 Å². The average molecular weight is 198 g/mol. The summed E-state index contributed by atoms with van der Waals surface area (Å²) in [5, 5.41) is 8.62. The third-order valence-electron chi connectivity index (χ3n) is 0.914. The largest absolute Gasteiger partial charge is 0.197 e. The second kappa shape index (κ2) is 4.33. The lowest BCUT2D eigenvalue weighted by Crippen LogP contribution is -2.21. The van der Waals surface area contributed by atoms with E-state index < -0.39 is 4.75 Å². The smallest absolute Gasteiger partial charge is 0.114 e. The lowest BCUT2D eigenvalue weighted by Gasteiger charge is -2.18. The lowest BCUT2D eigenvalue weighted by molar-refractivity contribution is 0.920. The van der Waals surface area contributed by atoms with Crippen LogP contribution in [-0.4, -0.2) is 15.3 Å². The molecule has 0 aliphatic carbocycles. The Balaban J connectivity index is 3.97. The van der Waals surface area contributed by atoms with Gasteiger partial charge in [0.05, 0.1) is 16.7 Å². The van der Waals surface area contributed by atoms with Gasteiger partial charge in [-0.3, -0.25) is 0 Å². The Hall–Kier alpha value is 0.420. The molecule has 58 valence electrons. The van der Waals surface area contributed by atoms with Crippen LogP contribution in [0.4, 0.5) is 0 Å². The number of nitriles is 1. The fourth-order valence-electron chi connectivity index (χ4n) is 0.446. The Morgan fingerprint density at radius 2 is 2.30 bits per heavy atom. The molecule has 0 heterocycles. The predicted octanol–water partition coefficient (Wildman–Crippen LogP) is 2.83. The number of nitrogens with zero attached hydrogens (tertiary/aromatic N) is 1. The van der Waals surface area contributed by atoms with E-state index in [0.29, 0.717) is 5.88 Å². The van der Waals surface area contributed by atoms with Gasteiger partial charge in [-0.05, 0) is 13.8 Å². The SMILES string of the molecule is CC(Cl)SC(C)(C#N)CCl. The summed E-state index contributed by atoms with van der Waals surface area (Å²) in [6, 6.07) is 2.11. The number of thioether (sulfide) groups is 1. The summed E-state index contributed by atoms with van der Waals surface area (Å²) in [5.74, 6) is 0.311. The number of halogens is 2. The number of hydrogen-bond donors (Lipinski definition) is 0. The third kappa shape index (κ3) is 3.55. The first-order valence-corrected chi connectivity index (χ1v) is 4.68. The van der Waals surface area contributed by atoms with E-state index in [1.54, 1.807) is 6.92 Å². The van der Waals surface area contributed by atoms with Crippen LogP contribution >= 0.6 is 35.0 Å². The molecule has 0 N–H and O–H groups in total. The van der Waals surface area contributed by atoms with E-state index in [4.69, 9.17) is 28.5 Å². The third-order valence-corrected chi connectivity index (χ3v) is 2.95. The molecule has 0 bridgehead atoms. The first-order valence-electron chi connectivity index (χ1n) is 2.83. The zero-order chi connectivity index (χ0) is 8.20. The fraction of sp³-hybridized carbons (Fsp3) is 0.833. The van der Waals surface area contributed by atoms with E-state index in [9.17, 15) is 0 Å². The van der Waals surface area contributed by atoms with Crippen molar-refractivity contribution >= 4 is 35.0 Å². The highest BCUT2D eigenvalue weighted by atomic mass is 35.5. The zero-order valence-corrected chi connectivity index (χ0v) is 8.22. The van der Waals surface area contributed by atoms with Crippen LogP contribution in [0.15, 0.2) is 0 Å². The Morgan fingerprint density at radius 1 is 1.80 bits per heavy atom. The summed E-state index contributed by atoms with van der Waals surface area (Å²) >= 11 is 12.6. The van der Waals surface area contributed by atoms with E-state index in [1.807, 2.05) is 6.92 Å². The number of hydrogen-bond acceptors (Lipinski definition) is 2. The highest BCUT2D eigenvalue weighted by Crippen LogP contribution is 2.31. The maximum absolute atomic E-state index is 8.62. The van der Waals surface area contributed by atoms with Gasteiger partial charge in [0.25, 0.3) is 0 Å². The molecule has 0 fully saturated rings. The molecule has 10 heavy (non-hydrogen) atoms. The summed E-state index contributed by atoms with van der Waals surface area (Å²) < 4.78 is -0.605. The average Bonchev–Trinajstić information content (AvgIpc) is 1.87. The summed E-state index contributed by atoms with van der Waals surface area (Å²) in [7, 11) is 0. The van der Waals surface area contributed by atoms with E-state index in [0.717, 1.165) is 0 Å². The Morgan fingerprint density at radius 3 is 2.40 bits per heavy atom. The van der Waals surface area contributed by atoms with Crippen molar-refractivity contribution < 1.29 is 0 Å². The van der Waals surface area contributed by atoms with Crippen molar-refractivity contribution in [1.29, 1.82) is 5.26 Å². The topological polar surface area (TPSA) is 23.8 Å². The molecule has 0 aromatic carbocycles. The first kappa shape index (κ1) is 10.4. The Labute approximate surface area is 75.7 Å². The predicted molar refractivity (Wildman–Crippen MR) is 47.6 cm³/mol. The molecule has 2 atom stereocenters. The highest BCUT2D eigenvalue weighted by molar-refractivity contribution is 8.02. The molecule has 0 aliphatic heterocycles. The Bertz CT molecular complexity index is 143. The first-order chi connectivity index (χ1) is 4.54. The molecule has 0 radical (unpaired) electrons. The van der Waals surface area contributed by atoms with Gasteiger partial charge < -0.3 is 0 Å². The second-order valence-corrected chi connectivity index (χ2v) is 5.16. The minimum Gasteiger partial charge on any atom is -0.197 e. The summed E-state index contributed by atoms with van der Waals surface area (Å²) in [6.07, 6.45) is 0. The molecule has 0 rings (SSSR count). The van der Waals surface area contributed by atoms with Gasteiger partial charge in [0.1, 0.15) is 4.75 Å². The van der Waals surface area contributed by atoms with Crippen LogP contribution in [0.1, 0.15) is 13.8 Å². The van der Waals surface area contributed by atoms with Gasteiger partial charge >= 0.3 is 0 Å². The molecular formula is C6H9Cl2NS. The van der Waals surface area contributed by atoms with Crippen molar-refractivity contribution in [2.24, 2.45) is 0 Å². The van der Waals surface area contributed by atoms with Crippen molar-refractivity contribution in [1.82, 2.24) is 0 Å². The van der Waals surface area contributed by atoms with Gasteiger partial charge in [0, 0.05) is 0 Å². The fourth-order valence-corrected chi connectivity index (χ4v) is 2.12. The van der Waals surface area contributed by atoms with Crippen molar-refractivity contribution in [2.45, 2.75) is 23.3 Å². The molecule has 0 aromatic heterocycles. The van der Waals surface area contributed by atoms with E-state index in [1.165, 1.54) is 11.8 Å². The zero-order valence-electron chi connectivity index (χ0n) is 5.90. The van der Waals surface area contributed by atoms with Crippen LogP contribution in [0.5, 0.6) is 0 Å². The number of alkyl halides is 2. The lowest BCUT2D eigenvalue weighted by atomic mass is 10.2. The van der Waals surface area contributed by atoms with E-state index in [2.05, 4.69) is 6.07 Å². The van der Waals surface area contributed by atoms with Crippen LogP contribution in [0, 0.1) is 11.3 Å². The van der Waals surface area contributed by atoms with Gasteiger partial charge in [0.15, 0.2) is 0 Å². The van der Waals surface area contributed by atoms with Gasteiger partial charge in [0.2, 0.25) is 0 Å². The molecule has 4 heteroatoms. The molecule has 0 saturated heterocycles. The second-order valence-electron chi connectivity index (χ2n) is 2.14. The Kier molecular flexibility index (Phi) is 4.51. The molecule has 2 unspecified atom stereocenters. The normalized spacial score (nSPS) is 19.1. The van der Waals surface area contributed by atoms with E-state index >= 15 is 0 Å². The molecule has 0 amide bonds. The van der Waals surface area contributed by atoms with Crippen molar-refractivity contribution in [2.75, 3.05) is 5.88 Å². The maximum Gasteiger partial charge on any atom is 0.114 e. The van der Waals surface area contributed by atoms with E-state index in [-0.39, 0.29) is 4.71 Å². The van der Waals surface area contributed by atoms with Crippen LogP contribution < -0.4 is 0 Å². The minimum atomic E-state index is -0.539.